The van der Waals surface area contributed by atoms with Crippen LogP contribution in [0.15, 0.2) is 0 Å². The molecule has 3 heterocycles. The van der Waals surface area contributed by atoms with Crippen molar-refractivity contribution in [2.24, 2.45) is 0 Å². The average molecular weight is 290 g/mol. The number of fused-ring (bicyclic) bond motifs is 1. The molecule has 1 aromatic heterocycles. The summed E-state index contributed by atoms with van der Waals surface area (Å²) in [4.78, 5) is 12.1. The lowest BCUT2D eigenvalue weighted by molar-refractivity contribution is -0.0444. The summed E-state index contributed by atoms with van der Waals surface area (Å²) in [6, 6.07) is 0.544. The number of hydrogen-bond donors (Lipinski definition) is 1. The normalized spacial score (nSPS) is 22.8. The van der Waals surface area contributed by atoms with Gasteiger partial charge in [0.1, 0.15) is 6.10 Å². The third-order valence-electron chi connectivity index (χ3n) is 4.39. The van der Waals surface area contributed by atoms with Crippen LogP contribution in [0.5, 0.6) is 0 Å². The number of aryl methyl sites for hydroxylation is 1. The molecule has 0 radical (unpaired) electrons. The van der Waals surface area contributed by atoms with Crippen LogP contribution >= 0.6 is 0 Å². The Bertz CT molecular complexity index is 503. The third-order valence-corrected chi connectivity index (χ3v) is 4.39. The van der Waals surface area contributed by atoms with Crippen LogP contribution in [0.1, 0.15) is 56.1 Å². The number of nitrogens with one attached hydrogen (secondary N) is 1. The smallest absolute Gasteiger partial charge is 0.158 e. The van der Waals surface area contributed by atoms with Gasteiger partial charge in [-0.05, 0) is 20.3 Å². The van der Waals surface area contributed by atoms with Crippen LogP contribution < -0.4 is 5.32 Å². The molecule has 0 saturated carbocycles. The molecule has 0 amide bonds. The molecule has 1 unspecified atom stereocenters. The molecule has 0 spiro atoms. The van der Waals surface area contributed by atoms with Crippen molar-refractivity contribution >= 4 is 0 Å². The monoisotopic (exact) mass is 290 g/mol. The predicted octanol–water partition coefficient (Wildman–Crippen LogP) is 1.81. The van der Waals surface area contributed by atoms with Gasteiger partial charge in [-0.15, -0.1) is 0 Å². The zero-order valence-electron chi connectivity index (χ0n) is 13.4. The van der Waals surface area contributed by atoms with Gasteiger partial charge in [-0.25, -0.2) is 9.97 Å². The van der Waals surface area contributed by atoms with Gasteiger partial charge in [-0.2, -0.15) is 0 Å². The molecule has 2 aliphatic heterocycles. The molecule has 5 heteroatoms. The highest BCUT2D eigenvalue weighted by Crippen LogP contribution is 2.25. The summed E-state index contributed by atoms with van der Waals surface area (Å²) in [5, 5.41) is 3.39. The topological polar surface area (TPSA) is 50.3 Å². The molecule has 1 N–H and O–H groups in total. The molecule has 1 fully saturated rings. The van der Waals surface area contributed by atoms with Crippen molar-refractivity contribution in [3.05, 3.63) is 22.8 Å². The highest BCUT2D eigenvalue weighted by Gasteiger charge is 2.28. The first-order valence-electron chi connectivity index (χ1n) is 8.14. The quantitative estimate of drug-likeness (QED) is 0.916. The van der Waals surface area contributed by atoms with E-state index in [1.165, 1.54) is 17.0 Å². The van der Waals surface area contributed by atoms with E-state index in [2.05, 4.69) is 31.0 Å². The predicted molar refractivity (Wildman–Crippen MR) is 82.0 cm³/mol. The molecule has 21 heavy (non-hydrogen) atoms. The molecule has 116 valence electrons. The van der Waals surface area contributed by atoms with Gasteiger partial charge < -0.3 is 10.1 Å². The van der Waals surface area contributed by atoms with Crippen LogP contribution in [0.4, 0.5) is 0 Å². The molecule has 0 aromatic carbocycles. The van der Waals surface area contributed by atoms with Gasteiger partial charge in [0.2, 0.25) is 0 Å². The first-order valence-corrected chi connectivity index (χ1v) is 8.14. The van der Waals surface area contributed by atoms with Crippen molar-refractivity contribution in [1.82, 2.24) is 20.2 Å². The maximum Gasteiger partial charge on any atom is 0.158 e. The number of morpholine rings is 1. The Morgan fingerprint density at radius 1 is 1.33 bits per heavy atom. The highest BCUT2D eigenvalue weighted by molar-refractivity contribution is 5.30. The van der Waals surface area contributed by atoms with Crippen molar-refractivity contribution in [2.45, 2.75) is 58.8 Å². The maximum absolute atomic E-state index is 5.95. The summed E-state index contributed by atoms with van der Waals surface area (Å²) >= 11 is 0. The Morgan fingerprint density at radius 2 is 2.19 bits per heavy atom. The summed E-state index contributed by atoms with van der Waals surface area (Å²) in [5.74, 6) is 0.881. The van der Waals surface area contributed by atoms with Gasteiger partial charge in [0.05, 0.1) is 12.3 Å². The number of nitrogens with zero attached hydrogens (tertiary/aromatic N) is 3. The second kappa shape index (κ2) is 6.38. The van der Waals surface area contributed by atoms with E-state index in [0.29, 0.717) is 6.04 Å². The summed E-state index contributed by atoms with van der Waals surface area (Å²) in [7, 11) is 0. The van der Waals surface area contributed by atoms with Gasteiger partial charge in [0.25, 0.3) is 0 Å². The Morgan fingerprint density at radius 3 is 2.95 bits per heavy atom. The van der Waals surface area contributed by atoms with E-state index in [1.807, 2.05) is 0 Å². The SMILES string of the molecule is CCCc1nc(C2CN(C(C)C)CCO2)nc2c1CNC2. The van der Waals surface area contributed by atoms with E-state index in [9.17, 15) is 0 Å². The van der Waals surface area contributed by atoms with E-state index in [4.69, 9.17) is 14.7 Å². The number of rotatable bonds is 4. The molecule has 0 aliphatic carbocycles. The summed E-state index contributed by atoms with van der Waals surface area (Å²) in [6.07, 6.45) is 2.16. The Balaban J connectivity index is 1.86. The van der Waals surface area contributed by atoms with Crippen LogP contribution in [0.25, 0.3) is 0 Å². The number of aromatic nitrogens is 2. The van der Waals surface area contributed by atoms with Gasteiger partial charge in [-0.3, -0.25) is 4.90 Å². The van der Waals surface area contributed by atoms with Gasteiger partial charge in [0, 0.05) is 43.5 Å². The largest absolute Gasteiger partial charge is 0.368 e. The molecule has 2 aliphatic rings. The molecule has 1 atom stereocenters. The third kappa shape index (κ3) is 3.10. The average Bonchev–Trinajstić information content (AvgIpc) is 2.96. The minimum absolute atomic E-state index is 0.0163. The van der Waals surface area contributed by atoms with E-state index >= 15 is 0 Å². The zero-order chi connectivity index (χ0) is 14.8. The van der Waals surface area contributed by atoms with Crippen LogP contribution in [-0.2, 0) is 24.2 Å². The molecule has 3 rings (SSSR count). The first-order chi connectivity index (χ1) is 10.2. The second-order valence-corrected chi connectivity index (χ2v) is 6.26. The Labute approximate surface area is 127 Å². The Hall–Kier alpha value is -1.04. The van der Waals surface area contributed by atoms with Crippen molar-refractivity contribution in [3.63, 3.8) is 0 Å². The van der Waals surface area contributed by atoms with E-state index in [0.717, 1.165) is 51.5 Å². The molecular formula is C16H26N4O. The Kier molecular flexibility index (Phi) is 4.52. The molecule has 5 nitrogen and oxygen atoms in total. The number of hydrogen-bond acceptors (Lipinski definition) is 5. The van der Waals surface area contributed by atoms with Crippen molar-refractivity contribution in [2.75, 3.05) is 19.7 Å². The van der Waals surface area contributed by atoms with Crippen molar-refractivity contribution < 1.29 is 4.74 Å². The van der Waals surface area contributed by atoms with Crippen LogP contribution in [0.2, 0.25) is 0 Å². The first kappa shape index (κ1) is 14.9. The lowest BCUT2D eigenvalue weighted by Gasteiger charge is -2.35. The molecular weight excluding hydrogens is 264 g/mol. The fourth-order valence-electron chi connectivity index (χ4n) is 3.14. The van der Waals surface area contributed by atoms with Crippen LogP contribution in [-0.4, -0.2) is 40.6 Å². The van der Waals surface area contributed by atoms with Crippen molar-refractivity contribution in [1.29, 1.82) is 0 Å². The summed E-state index contributed by atoms with van der Waals surface area (Å²) in [6.45, 7) is 11.1. The summed E-state index contributed by atoms with van der Waals surface area (Å²) in [5.41, 5.74) is 3.71. The standard InChI is InChI=1S/C16H26N4O/c1-4-5-13-12-8-17-9-14(12)19-16(18-13)15-10-20(11(2)3)6-7-21-15/h11,15,17H,4-10H2,1-3H3. The fraction of sp³-hybridized carbons (Fsp3) is 0.750. The molecule has 1 saturated heterocycles. The zero-order valence-corrected chi connectivity index (χ0v) is 13.4. The summed E-state index contributed by atoms with van der Waals surface area (Å²) < 4.78 is 5.95. The number of ether oxygens (including phenoxy) is 1. The lowest BCUT2D eigenvalue weighted by Crippen LogP contribution is -2.42. The van der Waals surface area contributed by atoms with Crippen LogP contribution in [0, 0.1) is 0 Å². The minimum Gasteiger partial charge on any atom is -0.368 e. The second-order valence-electron chi connectivity index (χ2n) is 6.26. The van der Waals surface area contributed by atoms with E-state index in [-0.39, 0.29) is 6.10 Å². The fourth-order valence-corrected chi connectivity index (χ4v) is 3.14. The maximum atomic E-state index is 5.95. The lowest BCUT2D eigenvalue weighted by atomic mass is 10.1. The van der Waals surface area contributed by atoms with Gasteiger partial charge in [0.15, 0.2) is 5.82 Å². The molecule has 0 bridgehead atoms. The van der Waals surface area contributed by atoms with Gasteiger partial charge in [-0.1, -0.05) is 13.3 Å². The van der Waals surface area contributed by atoms with Gasteiger partial charge >= 0.3 is 0 Å². The minimum atomic E-state index is 0.0163. The van der Waals surface area contributed by atoms with E-state index < -0.39 is 0 Å². The highest BCUT2D eigenvalue weighted by atomic mass is 16.5. The van der Waals surface area contributed by atoms with Crippen molar-refractivity contribution in [3.8, 4) is 0 Å². The van der Waals surface area contributed by atoms with E-state index in [1.54, 1.807) is 0 Å². The van der Waals surface area contributed by atoms with Crippen LogP contribution in [0.3, 0.4) is 0 Å². The molecule has 1 aromatic rings.